The molecule has 1 aromatic carbocycles. The number of sulfonamides is 1. The molecule has 2 rings (SSSR count). The minimum absolute atomic E-state index is 0.00573. The van der Waals surface area contributed by atoms with Gasteiger partial charge in [-0.1, -0.05) is 6.07 Å². The van der Waals surface area contributed by atoms with Crippen LogP contribution in [0.2, 0.25) is 0 Å². The zero-order chi connectivity index (χ0) is 18.5. The maximum Gasteiger partial charge on any atom is 0.416 e. The quantitative estimate of drug-likeness (QED) is 0.720. The predicted molar refractivity (Wildman–Crippen MR) is 90.0 cm³/mol. The second-order valence-corrected chi connectivity index (χ2v) is 8.18. The van der Waals surface area contributed by atoms with Crippen LogP contribution in [0.25, 0.3) is 0 Å². The predicted octanol–water partition coefficient (Wildman–Crippen LogP) is 3.60. The van der Waals surface area contributed by atoms with E-state index in [-0.39, 0.29) is 24.0 Å². The van der Waals surface area contributed by atoms with E-state index in [0.29, 0.717) is 12.8 Å². The van der Waals surface area contributed by atoms with Gasteiger partial charge in [-0.3, -0.25) is 0 Å². The van der Waals surface area contributed by atoms with Gasteiger partial charge in [0.1, 0.15) is 0 Å². The lowest BCUT2D eigenvalue weighted by Gasteiger charge is -2.15. The summed E-state index contributed by atoms with van der Waals surface area (Å²) in [7, 11) is -3.88. The first kappa shape index (κ1) is 19.9. The highest BCUT2D eigenvalue weighted by Crippen LogP contribution is 2.30. The first-order valence-electron chi connectivity index (χ1n) is 7.55. The van der Waals surface area contributed by atoms with Crippen molar-refractivity contribution in [2.24, 2.45) is 0 Å². The van der Waals surface area contributed by atoms with Gasteiger partial charge in [0.05, 0.1) is 10.5 Å². The highest BCUT2D eigenvalue weighted by molar-refractivity contribution is 7.89. The number of alkyl halides is 3. The summed E-state index contributed by atoms with van der Waals surface area (Å²) >= 11 is 1.53. The van der Waals surface area contributed by atoms with Crippen LogP contribution in [0.3, 0.4) is 0 Å². The highest BCUT2D eigenvalue weighted by Gasteiger charge is 2.30. The molecule has 0 spiro atoms. The molecule has 0 aliphatic rings. The Morgan fingerprint density at radius 3 is 2.32 bits per heavy atom. The first-order chi connectivity index (χ1) is 11.7. The molecule has 0 radical (unpaired) electrons. The fourth-order valence-electron chi connectivity index (χ4n) is 2.38. The van der Waals surface area contributed by atoms with Crippen LogP contribution in [0.1, 0.15) is 29.2 Å². The molecule has 0 amide bonds. The Morgan fingerprint density at radius 2 is 1.80 bits per heavy atom. The van der Waals surface area contributed by atoms with Crippen molar-refractivity contribution in [1.82, 2.24) is 4.72 Å². The topological polar surface area (TPSA) is 66.4 Å². The van der Waals surface area contributed by atoms with Crippen LogP contribution in [0, 0.1) is 0 Å². The number of aliphatic hydroxyl groups is 1. The fourth-order valence-corrected chi connectivity index (χ4v) is 4.33. The van der Waals surface area contributed by atoms with Crippen molar-refractivity contribution in [1.29, 1.82) is 0 Å². The first-order valence-corrected chi connectivity index (χ1v) is 9.91. The summed E-state index contributed by atoms with van der Waals surface area (Å²) in [6.07, 6.45) is -3.50. The van der Waals surface area contributed by atoms with Crippen molar-refractivity contribution in [2.45, 2.75) is 29.8 Å². The standard InChI is InChI=1S/C16H18F3NO3S2/c17-16(18,19)13-3-5-14(6-4-13)25(22,23)20-9-7-12(8-10-21)15-2-1-11-24-15/h1-6,11-12,20-21H,7-10H2/t12-/m1/s1. The lowest BCUT2D eigenvalue weighted by molar-refractivity contribution is -0.137. The van der Waals surface area contributed by atoms with Gasteiger partial charge in [-0.25, -0.2) is 13.1 Å². The average molecular weight is 393 g/mol. The molecule has 0 aliphatic carbocycles. The van der Waals surface area contributed by atoms with Crippen LogP contribution in [-0.2, 0) is 16.2 Å². The summed E-state index contributed by atoms with van der Waals surface area (Å²) in [6, 6.07) is 7.18. The maximum absolute atomic E-state index is 12.5. The molecular formula is C16H18F3NO3S2. The average Bonchev–Trinajstić information content (AvgIpc) is 3.07. The van der Waals surface area contributed by atoms with Gasteiger partial charge in [0.15, 0.2) is 0 Å². The largest absolute Gasteiger partial charge is 0.416 e. The Bertz CT molecular complexity index is 757. The summed E-state index contributed by atoms with van der Waals surface area (Å²) in [5, 5.41) is 11.0. The molecule has 138 valence electrons. The number of hydrogen-bond acceptors (Lipinski definition) is 4. The third-order valence-corrected chi connectivity index (χ3v) is 6.21. The van der Waals surface area contributed by atoms with Crippen molar-refractivity contribution >= 4 is 21.4 Å². The lowest BCUT2D eigenvalue weighted by atomic mass is 10.0. The van der Waals surface area contributed by atoms with E-state index in [0.717, 1.165) is 29.1 Å². The number of thiophene rings is 1. The molecule has 9 heteroatoms. The van der Waals surface area contributed by atoms with Gasteiger partial charge in [0.25, 0.3) is 0 Å². The number of rotatable bonds is 8. The Kier molecular flexibility index (Phi) is 6.61. The van der Waals surface area contributed by atoms with E-state index in [1.54, 1.807) is 0 Å². The van der Waals surface area contributed by atoms with Crippen molar-refractivity contribution in [3.05, 3.63) is 52.2 Å². The van der Waals surface area contributed by atoms with Gasteiger partial charge in [0, 0.05) is 18.0 Å². The molecule has 0 saturated carbocycles. The Balaban J connectivity index is 1.99. The monoisotopic (exact) mass is 393 g/mol. The number of nitrogens with one attached hydrogen (secondary N) is 1. The smallest absolute Gasteiger partial charge is 0.396 e. The number of hydrogen-bond donors (Lipinski definition) is 2. The second kappa shape index (κ2) is 8.31. The van der Waals surface area contributed by atoms with E-state index in [1.165, 1.54) is 11.3 Å². The Morgan fingerprint density at radius 1 is 1.12 bits per heavy atom. The third-order valence-electron chi connectivity index (χ3n) is 3.70. The Labute approximate surface area is 148 Å². The SMILES string of the molecule is O=S(=O)(NCC[C@H](CCO)c1cccs1)c1ccc(C(F)(F)F)cc1. The van der Waals surface area contributed by atoms with Crippen molar-refractivity contribution in [2.75, 3.05) is 13.2 Å². The third kappa shape index (κ3) is 5.53. The molecule has 25 heavy (non-hydrogen) atoms. The van der Waals surface area contributed by atoms with Crippen LogP contribution >= 0.6 is 11.3 Å². The van der Waals surface area contributed by atoms with Crippen molar-refractivity contribution in [3.63, 3.8) is 0 Å². The molecule has 0 unspecified atom stereocenters. The summed E-state index contributed by atoms with van der Waals surface area (Å²) in [5.41, 5.74) is -0.896. The summed E-state index contributed by atoms with van der Waals surface area (Å²) in [5.74, 6) is 0.0281. The summed E-state index contributed by atoms with van der Waals surface area (Å²) in [4.78, 5) is 0.845. The Hall–Kier alpha value is -1.42. The van der Waals surface area contributed by atoms with E-state index in [1.807, 2.05) is 17.5 Å². The molecule has 0 fully saturated rings. The maximum atomic E-state index is 12.5. The molecule has 4 nitrogen and oxygen atoms in total. The summed E-state index contributed by atoms with van der Waals surface area (Å²) < 4.78 is 64.3. The van der Waals surface area contributed by atoms with E-state index in [2.05, 4.69) is 4.72 Å². The van der Waals surface area contributed by atoms with Crippen LogP contribution in [-0.4, -0.2) is 26.7 Å². The minimum Gasteiger partial charge on any atom is -0.396 e. The molecular weight excluding hydrogens is 375 g/mol. The minimum atomic E-state index is -4.51. The van der Waals surface area contributed by atoms with Crippen molar-refractivity contribution in [3.8, 4) is 0 Å². The molecule has 2 N–H and O–H groups in total. The van der Waals surface area contributed by atoms with Crippen LogP contribution < -0.4 is 4.72 Å². The van der Waals surface area contributed by atoms with Crippen LogP contribution in [0.4, 0.5) is 13.2 Å². The molecule has 1 atom stereocenters. The van der Waals surface area contributed by atoms with Gasteiger partial charge in [0.2, 0.25) is 10.0 Å². The van der Waals surface area contributed by atoms with E-state index in [4.69, 9.17) is 5.11 Å². The molecule has 0 bridgehead atoms. The molecule has 1 aromatic heterocycles. The van der Waals surface area contributed by atoms with E-state index in [9.17, 15) is 21.6 Å². The van der Waals surface area contributed by atoms with Gasteiger partial charge in [-0.15, -0.1) is 11.3 Å². The molecule has 2 aromatic rings. The number of halogens is 3. The van der Waals surface area contributed by atoms with Crippen LogP contribution in [0.15, 0.2) is 46.7 Å². The second-order valence-electron chi connectivity index (χ2n) is 5.43. The van der Waals surface area contributed by atoms with Gasteiger partial charge in [-0.05, 0) is 54.5 Å². The highest BCUT2D eigenvalue weighted by atomic mass is 32.2. The van der Waals surface area contributed by atoms with Gasteiger partial charge >= 0.3 is 6.18 Å². The molecule has 0 aliphatic heterocycles. The number of benzene rings is 1. The normalized spacial score (nSPS) is 13.8. The molecule has 1 heterocycles. The lowest BCUT2D eigenvalue weighted by Crippen LogP contribution is -2.26. The van der Waals surface area contributed by atoms with Crippen molar-refractivity contribution < 1.29 is 26.7 Å². The van der Waals surface area contributed by atoms with E-state index < -0.39 is 21.8 Å². The van der Waals surface area contributed by atoms with Gasteiger partial charge < -0.3 is 5.11 Å². The van der Waals surface area contributed by atoms with Gasteiger partial charge in [-0.2, -0.15) is 13.2 Å². The number of aliphatic hydroxyl groups excluding tert-OH is 1. The zero-order valence-electron chi connectivity index (χ0n) is 13.2. The fraction of sp³-hybridized carbons (Fsp3) is 0.375. The van der Waals surface area contributed by atoms with E-state index >= 15 is 0 Å². The summed E-state index contributed by atoms with van der Waals surface area (Å²) in [6.45, 7) is 0.125. The van der Waals surface area contributed by atoms with Crippen LogP contribution in [0.5, 0.6) is 0 Å². The molecule has 0 saturated heterocycles. The zero-order valence-corrected chi connectivity index (χ0v) is 14.8.